The van der Waals surface area contributed by atoms with E-state index in [0.717, 1.165) is 0 Å². The Bertz CT molecular complexity index is 577. The van der Waals surface area contributed by atoms with Crippen molar-refractivity contribution in [2.24, 2.45) is 0 Å². The van der Waals surface area contributed by atoms with Gasteiger partial charge >= 0.3 is 0 Å². The minimum Gasteiger partial charge on any atom is -0.327 e. The van der Waals surface area contributed by atoms with Crippen molar-refractivity contribution in [3.8, 4) is 6.07 Å². The van der Waals surface area contributed by atoms with Crippen LogP contribution in [0.4, 0.5) is 15.9 Å². The maximum Gasteiger partial charge on any atom is 0.173 e. The van der Waals surface area contributed by atoms with Gasteiger partial charge in [0.2, 0.25) is 0 Å². The van der Waals surface area contributed by atoms with Crippen molar-refractivity contribution in [1.82, 2.24) is 10.2 Å². The first-order valence-electron chi connectivity index (χ1n) is 4.93. The fraction of sp³-hybridized carbons (Fsp3) is 0.0833. The van der Waals surface area contributed by atoms with Crippen molar-refractivity contribution >= 4 is 11.5 Å². The van der Waals surface area contributed by atoms with Gasteiger partial charge in [0, 0.05) is 12.7 Å². The van der Waals surface area contributed by atoms with Crippen LogP contribution in [0.5, 0.6) is 0 Å². The van der Waals surface area contributed by atoms with Crippen LogP contribution in [0.25, 0.3) is 0 Å². The zero-order chi connectivity index (χ0) is 12.3. The van der Waals surface area contributed by atoms with E-state index < -0.39 is 0 Å². The third-order valence-corrected chi connectivity index (χ3v) is 2.33. The summed E-state index contributed by atoms with van der Waals surface area (Å²) >= 11 is 0. The van der Waals surface area contributed by atoms with E-state index in [0.29, 0.717) is 17.1 Å². The van der Waals surface area contributed by atoms with Gasteiger partial charge in [-0.2, -0.15) is 10.4 Å². The molecule has 1 heterocycles. The molecule has 4 nitrogen and oxygen atoms in total. The molecule has 1 aromatic heterocycles. The maximum atomic E-state index is 13.1. The molecule has 0 aliphatic carbocycles. The summed E-state index contributed by atoms with van der Waals surface area (Å²) in [4.78, 5) is 1.62. The van der Waals surface area contributed by atoms with Crippen molar-refractivity contribution < 1.29 is 4.39 Å². The average Bonchev–Trinajstić information content (AvgIpc) is 2.38. The number of hydrogen-bond donors (Lipinski definition) is 0. The second kappa shape index (κ2) is 4.58. The number of nitriles is 1. The second-order valence-electron chi connectivity index (χ2n) is 3.42. The average molecular weight is 228 g/mol. The van der Waals surface area contributed by atoms with E-state index in [-0.39, 0.29) is 5.82 Å². The number of hydrogen-bond acceptors (Lipinski definition) is 4. The van der Waals surface area contributed by atoms with E-state index >= 15 is 0 Å². The Hall–Kier alpha value is -2.48. The summed E-state index contributed by atoms with van der Waals surface area (Å²) in [5.74, 6) is 0.0670. The van der Waals surface area contributed by atoms with Crippen LogP contribution in [0.15, 0.2) is 36.5 Å². The van der Waals surface area contributed by atoms with Gasteiger partial charge in [-0.25, -0.2) is 4.39 Å². The third kappa shape index (κ3) is 2.21. The van der Waals surface area contributed by atoms with E-state index in [1.54, 1.807) is 30.1 Å². The van der Waals surface area contributed by atoms with Crippen LogP contribution in [0.2, 0.25) is 0 Å². The molecule has 5 heteroatoms. The number of nitrogens with zero attached hydrogens (tertiary/aromatic N) is 4. The van der Waals surface area contributed by atoms with Gasteiger partial charge < -0.3 is 4.90 Å². The molecule has 2 rings (SSSR count). The topological polar surface area (TPSA) is 52.8 Å². The Balaban J connectivity index is 2.44. The summed E-state index contributed by atoms with van der Waals surface area (Å²) in [6.45, 7) is 0. The van der Waals surface area contributed by atoms with Gasteiger partial charge in [0.25, 0.3) is 0 Å². The third-order valence-electron chi connectivity index (χ3n) is 2.33. The molecule has 0 atom stereocenters. The predicted molar refractivity (Wildman–Crippen MR) is 61.2 cm³/mol. The highest BCUT2D eigenvalue weighted by Gasteiger charge is 2.11. The van der Waals surface area contributed by atoms with E-state index in [9.17, 15) is 4.39 Å². The molecule has 1 aromatic carbocycles. The second-order valence-corrected chi connectivity index (χ2v) is 3.42. The van der Waals surface area contributed by atoms with Crippen LogP contribution >= 0.6 is 0 Å². The summed E-state index contributed by atoms with van der Waals surface area (Å²) < 4.78 is 13.1. The molecule has 0 aliphatic rings. The van der Waals surface area contributed by atoms with Crippen molar-refractivity contribution in [3.05, 3.63) is 47.9 Å². The molecular weight excluding hydrogens is 219 g/mol. The molecule has 0 radical (unpaired) electrons. The Labute approximate surface area is 97.9 Å². The summed E-state index contributed by atoms with van der Waals surface area (Å²) in [5, 5.41) is 16.6. The van der Waals surface area contributed by atoms with Gasteiger partial charge in [0.1, 0.15) is 11.9 Å². The molecule has 0 amide bonds. The Morgan fingerprint density at radius 1 is 1.35 bits per heavy atom. The lowest BCUT2D eigenvalue weighted by atomic mass is 10.2. The van der Waals surface area contributed by atoms with Crippen molar-refractivity contribution in [2.45, 2.75) is 0 Å². The summed E-state index contributed by atoms with van der Waals surface area (Å²) in [6, 6.07) is 9.66. The number of aromatic nitrogens is 2. The Morgan fingerprint density at radius 2 is 2.18 bits per heavy atom. The number of rotatable bonds is 2. The van der Waals surface area contributed by atoms with E-state index in [1.807, 2.05) is 6.07 Å². The first-order valence-corrected chi connectivity index (χ1v) is 4.93. The summed E-state index contributed by atoms with van der Waals surface area (Å²) in [5.41, 5.74) is 1.01. The Morgan fingerprint density at radius 3 is 2.88 bits per heavy atom. The van der Waals surface area contributed by atoms with E-state index in [1.165, 1.54) is 18.3 Å². The monoisotopic (exact) mass is 228 g/mol. The molecular formula is C12H9FN4. The lowest BCUT2D eigenvalue weighted by molar-refractivity contribution is 0.628. The number of anilines is 2. The van der Waals surface area contributed by atoms with Gasteiger partial charge in [-0.1, -0.05) is 6.07 Å². The van der Waals surface area contributed by atoms with Gasteiger partial charge in [0.05, 0.1) is 11.8 Å². The molecule has 17 heavy (non-hydrogen) atoms. The zero-order valence-electron chi connectivity index (χ0n) is 9.13. The van der Waals surface area contributed by atoms with Gasteiger partial charge in [-0.05, 0) is 24.3 Å². The van der Waals surface area contributed by atoms with Crippen molar-refractivity contribution in [2.75, 3.05) is 11.9 Å². The highest BCUT2D eigenvalue weighted by atomic mass is 19.1. The fourth-order valence-electron chi connectivity index (χ4n) is 1.47. The SMILES string of the molecule is CN(c1cccc(F)c1)c1nnccc1C#N. The minimum atomic E-state index is -0.336. The van der Waals surface area contributed by atoms with Crippen LogP contribution in [0.3, 0.4) is 0 Å². The highest BCUT2D eigenvalue weighted by Crippen LogP contribution is 2.23. The van der Waals surface area contributed by atoms with Crippen LogP contribution in [-0.2, 0) is 0 Å². The number of benzene rings is 1. The molecule has 2 aromatic rings. The zero-order valence-corrected chi connectivity index (χ0v) is 9.13. The number of halogens is 1. The molecule has 0 saturated carbocycles. The van der Waals surface area contributed by atoms with E-state index in [4.69, 9.17) is 5.26 Å². The van der Waals surface area contributed by atoms with Crippen molar-refractivity contribution in [1.29, 1.82) is 5.26 Å². The molecule has 0 aliphatic heterocycles. The van der Waals surface area contributed by atoms with Gasteiger partial charge in [-0.3, -0.25) is 0 Å². The first kappa shape index (κ1) is 11.0. The minimum absolute atomic E-state index is 0.336. The fourth-order valence-corrected chi connectivity index (χ4v) is 1.47. The smallest absolute Gasteiger partial charge is 0.173 e. The molecule has 0 fully saturated rings. The standard InChI is InChI=1S/C12H9FN4/c1-17(11-4-2-3-10(13)7-11)12-9(8-14)5-6-15-16-12/h2-7H,1H3. The predicted octanol–water partition coefficient (Wildman–Crippen LogP) is 2.26. The van der Waals surface area contributed by atoms with Crippen LogP contribution < -0.4 is 4.90 Å². The van der Waals surface area contributed by atoms with Crippen LogP contribution in [-0.4, -0.2) is 17.2 Å². The molecule has 0 saturated heterocycles. The summed E-state index contributed by atoms with van der Waals surface area (Å²) in [7, 11) is 1.71. The van der Waals surface area contributed by atoms with Crippen LogP contribution in [0.1, 0.15) is 5.56 Å². The van der Waals surface area contributed by atoms with Crippen LogP contribution in [0, 0.1) is 17.1 Å². The summed E-state index contributed by atoms with van der Waals surface area (Å²) in [6.07, 6.45) is 1.45. The maximum absolute atomic E-state index is 13.1. The molecule has 0 N–H and O–H groups in total. The molecule has 0 spiro atoms. The molecule has 84 valence electrons. The lowest BCUT2D eigenvalue weighted by Gasteiger charge is -2.18. The Kier molecular flexibility index (Phi) is 2.97. The van der Waals surface area contributed by atoms with Gasteiger partial charge in [-0.15, -0.1) is 5.10 Å². The normalized spacial score (nSPS) is 9.71. The molecule has 0 unspecified atom stereocenters. The first-order chi connectivity index (χ1) is 8.22. The largest absolute Gasteiger partial charge is 0.327 e. The lowest BCUT2D eigenvalue weighted by Crippen LogP contribution is -2.13. The van der Waals surface area contributed by atoms with Crippen molar-refractivity contribution in [3.63, 3.8) is 0 Å². The van der Waals surface area contributed by atoms with E-state index in [2.05, 4.69) is 10.2 Å². The highest BCUT2D eigenvalue weighted by molar-refractivity contribution is 5.64. The molecule has 0 bridgehead atoms. The quantitative estimate of drug-likeness (QED) is 0.791. The van der Waals surface area contributed by atoms with Gasteiger partial charge in [0.15, 0.2) is 5.82 Å².